The highest BCUT2D eigenvalue weighted by Gasteiger charge is 2.22. The van der Waals surface area contributed by atoms with Gasteiger partial charge in [-0.15, -0.1) is 0 Å². The van der Waals surface area contributed by atoms with Gasteiger partial charge in [0, 0.05) is 11.0 Å². The molecule has 0 bridgehead atoms. The van der Waals surface area contributed by atoms with Gasteiger partial charge in [0.05, 0.1) is 6.61 Å². The summed E-state index contributed by atoms with van der Waals surface area (Å²) in [5, 5.41) is 18.0. The molecule has 0 heterocycles. The number of rotatable bonds is 10. The Morgan fingerprint density at radius 3 is 2.26 bits per heavy atom. The number of benzene rings is 2. The van der Waals surface area contributed by atoms with Crippen LogP contribution in [-0.4, -0.2) is 23.8 Å². The molecule has 0 saturated heterocycles. The zero-order chi connectivity index (χ0) is 19.8. The van der Waals surface area contributed by atoms with Gasteiger partial charge in [-0.2, -0.15) is 0 Å². The maximum atomic E-state index is 14.2. The van der Waals surface area contributed by atoms with Crippen LogP contribution in [-0.2, 0) is 0 Å². The van der Waals surface area contributed by atoms with Gasteiger partial charge in [0.25, 0.3) is 0 Å². The average molecular weight is 380 g/mol. The van der Waals surface area contributed by atoms with Gasteiger partial charge in [0.2, 0.25) is 0 Å². The van der Waals surface area contributed by atoms with Crippen LogP contribution in [0.25, 0.3) is 11.1 Å². The third-order valence-corrected chi connectivity index (χ3v) is 4.39. The molecule has 2 N–H and O–H groups in total. The average Bonchev–Trinajstić information content (AvgIpc) is 2.64. The van der Waals surface area contributed by atoms with E-state index in [4.69, 9.17) is 14.8 Å². The van der Waals surface area contributed by atoms with E-state index in [1.165, 1.54) is 37.5 Å². The molecule has 27 heavy (non-hydrogen) atoms. The SMILES string of the molecule is CCCCCCCCOc1ccc(-c2ccc(B(O)O)c(F)c2F)cc1F. The Balaban J connectivity index is 2.01. The van der Waals surface area contributed by atoms with Gasteiger partial charge in [-0.05, 0) is 24.1 Å². The molecular formula is C20H24BF3O3. The van der Waals surface area contributed by atoms with Crippen LogP contribution < -0.4 is 10.2 Å². The smallest absolute Gasteiger partial charge is 0.491 e. The van der Waals surface area contributed by atoms with Crippen molar-refractivity contribution in [3.05, 3.63) is 47.8 Å². The standard InChI is InChI=1S/C20H24BF3O3/c1-2-3-4-5-6-7-12-27-18-11-8-14(13-17(18)22)15-9-10-16(21(25)26)20(24)19(15)23/h8-11,13,25-26H,2-7,12H2,1H3. The molecule has 0 aliphatic heterocycles. The summed E-state index contributed by atoms with van der Waals surface area (Å²) in [6.07, 6.45) is 6.56. The van der Waals surface area contributed by atoms with Crippen molar-refractivity contribution < 1.29 is 28.0 Å². The Labute approximate surface area is 157 Å². The molecule has 3 nitrogen and oxygen atoms in total. The van der Waals surface area contributed by atoms with E-state index in [1.54, 1.807) is 0 Å². The van der Waals surface area contributed by atoms with Gasteiger partial charge in [0.1, 0.15) is 0 Å². The van der Waals surface area contributed by atoms with E-state index < -0.39 is 30.0 Å². The van der Waals surface area contributed by atoms with Gasteiger partial charge in [-0.3, -0.25) is 0 Å². The fourth-order valence-corrected chi connectivity index (χ4v) is 2.84. The van der Waals surface area contributed by atoms with Crippen LogP contribution in [0.2, 0.25) is 0 Å². The van der Waals surface area contributed by atoms with Gasteiger partial charge in [-0.1, -0.05) is 57.2 Å². The van der Waals surface area contributed by atoms with E-state index in [2.05, 4.69) is 6.92 Å². The molecule has 0 atom stereocenters. The first-order valence-electron chi connectivity index (χ1n) is 9.22. The van der Waals surface area contributed by atoms with Crippen molar-refractivity contribution in [1.29, 1.82) is 0 Å². The van der Waals surface area contributed by atoms with Crippen LogP contribution in [0.3, 0.4) is 0 Å². The van der Waals surface area contributed by atoms with E-state index in [9.17, 15) is 13.2 Å². The van der Waals surface area contributed by atoms with Crippen molar-refractivity contribution in [3.63, 3.8) is 0 Å². The lowest BCUT2D eigenvalue weighted by molar-refractivity contribution is 0.290. The summed E-state index contributed by atoms with van der Waals surface area (Å²) in [5.74, 6) is -3.23. The molecule has 0 spiro atoms. The van der Waals surface area contributed by atoms with Crippen LogP contribution in [0, 0.1) is 17.5 Å². The first-order valence-corrected chi connectivity index (χ1v) is 9.22. The van der Waals surface area contributed by atoms with Crippen molar-refractivity contribution in [2.75, 3.05) is 6.61 Å². The second-order valence-electron chi connectivity index (χ2n) is 6.47. The van der Waals surface area contributed by atoms with Crippen LogP contribution in [0.1, 0.15) is 45.4 Å². The minimum atomic E-state index is -2.12. The minimum Gasteiger partial charge on any atom is -0.491 e. The Kier molecular flexibility index (Phi) is 8.19. The summed E-state index contributed by atoms with van der Waals surface area (Å²) in [6.45, 7) is 2.55. The fraction of sp³-hybridized carbons (Fsp3) is 0.400. The monoisotopic (exact) mass is 380 g/mol. The predicted molar refractivity (Wildman–Crippen MR) is 100 cm³/mol. The Morgan fingerprint density at radius 1 is 0.889 bits per heavy atom. The maximum absolute atomic E-state index is 14.2. The lowest BCUT2D eigenvalue weighted by Gasteiger charge is -2.11. The molecule has 0 unspecified atom stereocenters. The van der Waals surface area contributed by atoms with E-state index >= 15 is 0 Å². The number of ether oxygens (including phenoxy) is 1. The van der Waals surface area contributed by atoms with E-state index in [0.29, 0.717) is 6.61 Å². The second-order valence-corrected chi connectivity index (χ2v) is 6.47. The van der Waals surface area contributed by atoms with Crippen molar-refractivity contribution in [1.82, 2.24) is 0 Å². The summed E-state index contributed by atoms with van der Waals surface area (Å²) < 4.78 is 47.7. The van der Waals surface area contributed by atoms with Crippen molar-refractivity contribution in [2.45, 2.75) is 45.4 Å². The quantitative estimate of drug-likeness (QED) is 0.480. The minimum absolute atomic E-state index is 0.0654. The van der Waals surface area contributed by atoms with Crippen molar-refractivity contribution in [3.8, 4) is 16.9 Å². The van der Waals surface area contributed by atoms with Gasteiger partial charge < -0.3 is 14.8 Å². The van der Waals surface area contributed by atoms with Gasteiger partial charge in [0.15, 0.2) is 23.2 Å². The Morgan fingerprint density at radius 2 is 1.59 bits per heavy atom. The number of halogens is 3. The molecule has 0 amide bonds. The summed E-state index contributed by atoms with van der Waals surface area (Å²) >= 11 is 0. The summed E-state index contributed by atoms with van der Waals surface area (Å²) in [7, 11) is -2.12. The summed E-state index contributed by atoms with van der Waals surface area (Å²) in [5.41, 5.74) is -0.608. The molecule has 2 rings (SSSR count). The van der Waals surface area contributed by atoms with Gasteiger partial charge >= 0.3 is 7.12 Å². The van der Waals surface area contributed by atoms with E-state index in [-0.39, 0.29) is 16.9 Å². The first kappa shape index (κ1) is 21.3. The summed E-state index contributed by atoms with van der Waals surface area (Å²) in [4.78, 5) is 0. The molecule has 0 radical (unpaired) electrons. The van der Waals surface area contributed by atoms with Crippen LogP contribution in [0.4, 0.5) is 13.2 Å². The molecule has 0 aliphatic carbocycles. The van der Waals surface area contributed by atoms with E-state index in [1.807, 2.05) is 0 Å². The lowest BCUT2D eigenvalue weighted by Crippen LogP contribution is -2.33. The first-order chi connectivity index (χ1) is 13.0. The normalized spacial score (nSPS) is 10.9. The highest BCUT2D eigenvalue weighted by atomic mass is 19.2. The highest BCUT2D eigenvalue weighted by molar-refractivity contribution is 6.58. The zero-order valence-corrected chi connectivity index (χ0v) is 15.4. The van der Waals surface area contributed by atoms with Crippen LogP contribution in [0.15, 0.2) is 30.3 Å². The lowest BCUT2D eigenvalue weighted by atomic mass is 9.79. The third kappa shape index (κ3) is 5.74. The molecule has 0 aromatic heterocycles. The Bertz CT molecular complexity index is 753. The molecule has 2 aromatic rings. The van der Waals surface area contributed by atoms with Gasteiger partial charge in [-0.25, -0.2) is 13.2 Å². The molecule has 0 aliphatic rings. The molecular weight excluding hydrogens is 356 g/mol. The largest absolute Gasteiger partial charge is 0.491 e. The third-order valence-electron chi connectivity index (χ3n) is 4.39. The predicted octanol–water partition coefficient (Wildman–Crippen LogP) is 4.19. The van der Waals surface area contributed by atoms with Crippen molar-refractivity contribution in [2.24, 2.45) is 0 Å². The summed E-state index contributed by atoms with van der Waals surface area (Å²) in [6, 6.07) is 6.13. The van der Waals surface area contributed by atoms with E-state index in [0.717, 1.165) is 31.4 Å². The van der Waals surface area contributed by atoms with Crippen molar-refractivity contribution >= 4 is 12.6 Å². The fourth-order valence-electron chi connectivity index (χ4n) is 2.84. The highest BCUT2D eigenvalue weighted by Crippen LogP contribution is 2.28. The van der Waals surface area contributed by atoms with Crippen LogP contribution in [0.5, 0.6) is 5.75 Å². The zero-order valence-electron chi connectivity index (χ0n) is 15.4. The molecule has 7 heteroatoms. The number of hydrogen-bond donors (Lipinski definition) is 2. The molecule has 0 fully saturated rings. The van der Waals surface area contributed by atoms with Crippen LogP contribution >= 0.6 is 0 Å². The molecule has 146 valence electrons. The number of hydrogen-bond acceptors (Lipinski definition) is 3. The topological polar surface area (TPSA) is 49.7 Å². The number of unbranched alkanes of at least 4 members (excludes halogenated alkanes) is 5. The molecule has 0 saturated carbocycles. The molecule has 2 aromatic carbocycles. The Hall–Kier alpha value is -1.99. The maximum Gasteiger partial charge on any atom is 0.491 e. The second kappa shape index (κ2) is 10.4.